The van der Waals surface area contributed by atoms with E-state index in [0.29, 0.717) is 11.7 Å². The Bertz CT molecular complexity index is 1040. The molecule has 1 atom stereocenters. The van der Waals surface area contributed by atoms with Gasteiger partial charge in [-0.2, -0.15) is 4.98 Å². The first-order valence-corrected chi connectivity index (χ1v) is 16.0. The number of nitrogens with zero attached hydrogens (tertiary/aromatic N) is 5. The first-order valence-electron chi connectivity index (χ1n) is 14.0. The summed E-state index contributed by atoms with van der Waals surface area (Å²) in [6.45, 7) is 8.30. The number of rotatable bonds is 10. The second-order valence-corrected chi connectivity index (χ2v) is 12.4. The minimum atomic E-state index is -1.40. The Labute approximate surface area is 228 Å². The summed E-state index contributed by atoms with van der Waals surface area (Å²) in [6.07, 6.45) is 9.92. The van der Waals surface area contributed by atoms with Crippen molar-refractivity contribution in [2.24, 2.45) is 5.92 Å². The van der Waals surface area contributed by atoms with Gasteiger partial charge in [0.1, 0.15) is 0 Å². The number of anilines is 2. The minimum absolute atomic E-state index is 0.0351. The van der Waals surface area contributed by atoms with Crippen molar-refractivity contribution in [3.05, 3.63) is 28.3 Å². The maximum atomic E-state index is 13.7. The molecular weight excluding hydrogens is 507 g/mol. The molecule has 1 saturated heterocycles. The van der Waals surface area contributed by atoms with Crippen LogP contribution in [-0.2, 0) is 36.5 Å². The molecule has 10 heteroatoms. The predicted octanol–water partition coefficient (Wildman–Crippen LogP) is 5.18. The maximum absolute atomic E-state index is 13.7. The first-order chi connectivity index (χ1) is 18.0. The summed E-state index contributed by atoms with van der Waals surface area (Å²) in [5, 5.41) is 7.90. The van der Waals surface area contributed by atoms with E-state index in [1.165, 1.54) is 48.2 Å². The van der Waals surface area contributed by atoms with Gasteiger partial charge in [0, 0.05) is 18.0 Å². The largest absolute Gasteiger partial charge is 0.322 e. The molecule has 0 spiro atoms. The SMILES string of the molecule is CC.CN1CCC(CN(C)CCCS(=O)c2nc(Nc3c4c(cc5c3CCC5)CCC4)nn2SF)CC1. The van der Waals surface area contributed by atoms with E-state index in [4.69, 9.17) is 0 Å². The van der Waals surface area contributed by atoms with Crippen LogP contribution in [0.4, 0.5) is 15.5 Å². The van der Waals surface area contributed by atoms with Crippen molar-refractivity contribution in [2.45, 2.75) is 76.8 Å². The second-order valence-electron chi connectivity index (χ2n) is 10.4. The molecule has 0 bridgehead atoms. The zero-order chi connectivity index (χ0) is 26.4. The van der Waals surface area contributed by atoms with Gasteiger partial charge in [-0.05, 0) is 120 Å². The summed E-state index contributed by atoms with van der Waals surface area (Å²) in [4.78, 5) is 9.21. The lowest BCUT2D eigenvalue weighted by Crippen LogP contribution is -2.36. The van der Waals surface area contributed by atoms with Gasteiger partial charge in [0.05, 0.1) is 10.8 Å². The molecule has 0 radical (unpaired) electrons. The van der Waals surface area contributed by atoms with Crippen LogP contribution in [0.25, 0.3) is 0 Å². The number of piperidine rings is 1. The lowest BCUT2D eigenvalue weighted by molar-refractivity contribution is 0.176. The molecule has 7 nitrogen and oxygen atoms in total. The van der Waals surface area contributed by atoms with E-state index in [-0.39, 0.29) is 17.5 Å². The number of benzene rings is 1. The van der Waals surface area contributed by atoms with Crippen LogP contribution in [0.2, 0.25) is 0 Å². The van der Waals surface area contributed by atoms with Crippen LogP contribution in [-0.4, -0.2) is 74.2 Å². The van der Waals surface area contributed by atoms with E-state index >= 15 is 0 Å². The first kappa shape index (κ1) is 28.5. The lowest BCUT2D eigenvalue weighted by atomic mass is 9.97. The number of hydrogen-bond donors (Lipinski definition) is 1. The normalized spacial score (nSPS) is 18.4. The van der Waals surface area contributed by atoms with Crippen LogP contribution in [0.3, 0.4) is 0 Å². The summed E-state index contributed by atoms with van der Waals surface area (Å²) in [5.41, 5.74) is 6.65. The van der Waals surface area contributed by atoms with Crippen molar-refractivity contribution in [1.82, 2.24) is 24.0 Å². The van der Waals surface area contributed by atoms with Crippen LogP contribution >= 0.6 is 12.3 Å². The van der Waals surface area contributed by atoms with Gasteiger partial charge in [-0.3, -0.25) is 4.21 Å². The Morgan fingerprint density at radius 1 is 1.14 bits per heavy atom. The zero-order valence-electron chi connectivity index (χ0n) is 22.9. The third kappa shape index (κ3) is 6.94. The highest BCUT2D eigenvalue weighted by molar-refractivity contribution is 7.93. The van der Waals surface area contributed by atoms with E-state index in [1.54, 1.807) is 0 Å². The number of aryl methyl sites for hydroxylation is 2. The smallest absolute Gasteiger partial charge is 0.248 e. The van der Waals surface area contributed by atoms with Gasteiger partial charge in [-0.15, -0.1) is 13.1 Å². The third-order valence-corrected chi connectivity index (χ3v) is 9.64. The molecule has 1 unspecified atom stereocenters. The molecule has 0 saturated carbocycles. The third-order valence-electron chi connectivity index (χ3n) is 7.81. The van der Waals surface area contributed by atoms with Gasteiger partial charge >= 0.3 is 0 Å². The van der Waals surface area contributed by atoms with E-state index in [9.17, 15) is 8.09 Å². The topological polar surface area (TPSA) is 66.3 Å². The molecule has 206 valence electrons. The minimum Gasteiger partial charge on any atom is -0.322 e. The molecule has 1 aromatic carbocycles. The average molecular weight is 551 g/mol. The molecule has 2 aliphatic carbocycles. The highest BCUT2D eigenvalue weighted by Crippen LogP contribution is 2.39. The van der Waals surface area contributed by atoms with Crippen molar-refractivity contribution in [2.75, 3.05) is 51.3 Å². The Hall–Kier alpha value is -1.49. The molecule has 1 fully saturated rings. The molecule has 5 rings (SSSR count). The van der Waals surface area contributed by atoms with Gasteiger partial charge < -0.3 is 15.1 Å². The standard InChI is InChI=1S/C25H37FN6OS2.C2H6/c1-30-13-10-18(11-14-30)17-31(2)12-5-15-35(33)25-28-24(29-32(25)34-26)27-23-21-8-3-6-19(21)16-20-7-4-9-22(20)23;1-2/h16,18H,3-15,17H2,1-2H3,(H,27,29);1-2H3. The Morgan fingerprint density at radius 3 is 2.41 bits per heavy atom. The van der Waals surface area contributed by atoms with Crippen LogP contribution in [0.5, 0.6) is 0 Å². The van der Waals surface area contributed by atoms with Gasteiger partial charge in [0.2, 0.25) is 11.1 Å². The maximum Gasteiger partial charge on any atom is 0.248 e. The summed E-state index contributed by atoms with van der Waals surface area (Å²) < 4.78 is 27.8. The van der Waals surface area contributed by atoms with Crippen molar-refractivity contribution < 1.29 is 8.09 Å². The van der Waals surface area contributed by atoms with E-state index in [2.05, 4.69) is 45.4 Å². The molecular formula is C27H43FN6OS2. The predicted molar refractivity (Wildman–Crippen MR) is 153 cm³/mol. The fraction of sp³-hybridized carbons (Fsp3) is 0.704. The van der Waals surface area contributed by atoms with E-state index < -0.39 is 10.8 Å². The van der Waals surface area contributed by atoms with Crippen LogP contribution < -0.4 is 5.32 Å². The highest BCUT2D eigenvalue weighted by atomic mass is 32.2. The van der Waals surface area contributed by atoms with Crippen LogP contribution in [0.1, 0.15) is 68.2 Å². The van der Waals surface area contributed by atoms with Crippen molar-refractivity contribution >= 4 is 34.8 Å². The monoisotopic (exact) mass is 550 g/mol. The Balaban J connectivity index is 0.00000156. The summed E-state index contributed by atoms with van der Waals surface area (Å²) in [7, 11) is 2.92. The molecule has 1 N–H and O–H groups in total. The molecule has 1 aliphatic heterocycles. The highest BCUT2D eigenvalue weighted by Gasteiger charge is 2.26. The Morgan fingerprint density at radius 2 is 1.78 bits per heavy atom. The lowest BCUT2D eigenvalue weighted by Gasteiger charge is -2.31. The van der Waals surface area contributed by atoms with Gasteiger partial charge in [-0.1, -0.05) is 19.9 Å². The number of hydrogen-bond acceptors (Lipinski definition) is 7. The number of aromatic nitrogens is 3. The zero-order valence-corrected chi connectivity index (χ0v) is 24.5. The molecule has 2 aromatic rings. The number of fused-ring (bicyclic) bond motifs is 2. The van der Waals surface area contributed by atoms with Crippen molar-refractivity contribution in [3.63, 3.8) is 0 Å². The average Bonchev–Trinajstić information content (AvgIpc) is 3.66. The van der Waals surface area contributed by atoms with Crippen molar-refractivity contribution in [1.29, 1.82) is 0 Å². The number of likely N-dealkylation sites (tertiary alicyclic amines) is 1. The van der Waals surface area contributed by atoms with E-state index in [0.717, 1.165) is 73.7 Å². The fourth-order valence-electron chi connectivity index (χ4n) is 5.93. The summed E-state index contributed by atoms with van der Waals surface area (Å²) >= 11 is -0.0351. The quantitative estimate of drug-likeness (QED) is 0.437. The number of halogens is 1. The van der Waals surface area contributed by atoms with Gasteiger partial charge in [-0.25, -0.2) is 0 Å². The van der Waals surface area contributed by atoms with Crippen LogP contribution in [0, 0.1) is 5.92 Å². The Kier molecular flexibility index (Phi) is 10.4. The van der Waals surface area contributed by atoms with Gasteiger partial charge in [0.15, 0.2) is 12.3 Å². The molecule has 0 amide bonds. The molecule has 2 heterocycles. The van der Waals surface area contributed by atoms with Gasteiger partial charge in [0.25, 0.3) is 0 Å². The summed E-state index contributed by atoms with van der Waals surface area (Å²) in [5.74, 6) is 1.53. The summed E-state index contributed by atoms with van der Waals surface area (Å²) in [6, 6.07) is 2.38. The van der Waals surface area contributed by atoms with E-state index in [1.807, 2.05) is 13.8 Å². The molecule has 37 heavy (non-hydrogen) atoms. The number of nitrogens with one attached hydrogen (secondary N) is 1. The molecule has 1 aromatic heterocycles. The van der Waals surface area contributed by atoms with Crippen LogP contribution in [0.15, 0.2) is 11.2 Å². The fourth-order valence-corrected chi connectivity index (χ4v) is 7.45. The molecule has 3 aliphatic rings. The van der Waals surface area contributed by atoms with Crippen molar-refractivity contribution in [3.8, 4) is 0 Å². The second kappa shape index (κ2) is 13.5.